The standard InChI is InChI=1S/C32H40O4P/c1-24-28(30(34-3)32(36-5)31(35-4)29(24)33-2)22-15-23-37(25-16-9-6-10-17-25,26-18-11-7-12-19-26)27-20-13-8-14-21-27/h6-14,16-21,29-32H,15,22-23H2,1-5H3/q+1. The summed E-state index contributed by atoms with van der Waals surface area (Å²) in [5.74, 6) is 0. The zero-order valence-electron chi connectivity index (χ0n) is 22.7. The molecule has 37 heavy (non-hydrogen) atoms. The fourth-order valence-corrected chi connectivity index (χ4v) is 10.4. The minimum absolute atomic E-state index is 0.159. The maximum atomic E-state index is 6.03. The Kier molecular flexibility index (Phi) is 9.70. The summed E-state index contributed by atoms with van der Waals surface area (Å²) in [7, 11) is 5.07. The summed E-state index contributed by atoms with van der Waals surface area (Å²) in [6.07, 6.45) is 2.22. The van der Waals surface area contributed by atoms with Crippen LogP contribution in [0.1, 0.15) is 19.8 Å². The van der Waals surface area contributed by atoms with E-state index in [-0.39, 0.29) is 24.4 Å². The van der Waals surface area contributed by atoms with E-state index in [2.05, 4.69) is 97.9 Å². The van der Waals surface area contributed by atoms with E-state index in [1.54, 1.807) is 28.4 Å². The molecule has 0 amide bonds. The van der Waals surface area contributed by atoms with Crippen molar-refractivity contribution in [2.75, 3.05) is 34.6 Å². The van der Waals surface area contributed by atoms with Crippen LogP contribution in [0, 0.1) is 0 Å². The van der Waals surface area contributed by atoms with Gasteiger partial charge in [-0.3, -0.25) is 0 Å². The average molecular weight is 520 g/mol. The molecule has 0 radical (unpaired) electrons. The average Bonchev–Trinajstić information content (AvgIpc) is 2.96. The van der Waals surface area contributed by atoms with Gasteiger partial charge in [-0.05, 0) is 67.3 Å². The lowest BCUT2D eigenvalue weighted by molar-refractivity contribution is -0.142. The monoisotopic (exact) mass is 519 g/mol. The van der Waals surface area contributed by atoms with Crippen LogP contribution in [0.3, 0.4) is 0 Å². The van der Waals surface area contributed by atoms with E-state index >= 15 is 0 Å². The van der Waals surface area contributed by atoms with Crippen molar-refractivity contribution in [3.63, 3.8) is 0 Å². The summed E-state index contributed by atoms with van der Waals surface area (Å²) in [4.78, 5) is 0. The van der Waals surface area contributed by atoms with Crippen LogP contribution >= 0.6 is 7.26 Å². The summed E-state index contributed by atoms with van der Waals surface area (Å²) < 4.78 is 23.7. The number of methoxy groups -OCH3 is 4. The van der Waals surface area contributed by atoms with Crippen LogP contribution in [-0.4, -0.2) is 59.0 Å². The van der Waals surface area contributed by atoms with Crippen molar-refractivity contribution in [2.24, 2.45) is 0 Å². The second-order valence-corrected chi connectivity index (χ2v) is 13.2. The van der Waals surface area contributed by atoms with Crippen molar-refractivity contribution in [1.82, 2.24) is 0 Å². The Balaban J connectivity index is 1.75. The quantitative estimate of drug-likeness (QED) is 0.259. The van der Waals surface area contributed by atoms with Crippen LogP contribution in [0.5, 0.6) is 0 Å². The van der Waals surface area contributed by atoms with Crippen molar-refractivity contribution in [2.45, 2.75) is 44.2 Å². The normalized spacial score (nSPS) is 22.3. The van der Waals surface area contributed by atoms with Crippen LogP contribution < -0.4 is 15.9 Å². The van der Waals surface area contributed by atoms with Crippen LogP contribution in [0.4, 0.5) is 0 Å². The molecule has 3 aromatic carbocycles. The Labute approximate surface area is 222 Å². The number of ether oxygens (including phenoxy) is 4. The molecule has 0 aromatic heterocycles. The third kappa shape index (κ3) is 5.46. The Hall–Kier alpha value is -2.33. The van der Waals surface area contributed by atoms with Gasteiger partial charge in [0.1, 0.15) is 47.6 Å². The number of rotatable bonds is 11. The zero-order chi connectivity index (χ0) is 26.3. The number of hydrogen-bond acceptors (Lipinski definition) is 4. The lowest BCUT2D eigenvalue weighted by atomic mass is 9.81. The van der Waals surface area contributed by atoms with Crippen molar-refractivity contribution in [1.29, 1.82) is 0 Å². The minimum atomic E-state index is -1.88. The summed E-state index contributed by atoms with van der Waals surface area (Å²) in [6.45, 7) is 2.15. The molecule has 4 unspecified atom stereocenters. The molecule has 0 heterocycles. The maximum absolute atomic E-state index is 6.03. The molecule has 0 aliphatic heterocycles. The Bertz CT molecular complexity index is 1040. The fourth-order valence-electron chi connectivity index (χ4n) is 6.03. The Morgan fingerprint density at radius 1 is 0.568 bits per heavy atom. The second-order valence-electron chi connectivity index (χ2n) is 9.57. The smallest absolute Gasteiger partial charge is 0.116 e. The third-order valence-corrected chi connectivity index (χ3v) is 12.3. The molecule has 0 spiro atoms. The molecule has 1 aliphatic carbocycles. The highest BCUT2D eigenvalue weighted by Gasteiger charge is 2.47. The van der Waals surface area contributed by atoms with Gasteiger partial charge < -0.3 is 18.9 Å². The first-order chi connectivity index (χ1) is 18.1. The third-order valence-electron chi connectivity index (χ3n) is 7.78. The molecule has 4 rings (SSSR count). The largest absolute Gasteiger partial charge is 0.376 e. The van der Waals surface area contributed by atoms with Crippen molar-refractivity contribution in [3.8, 4) is 0 Å². The first kappa shape index (κ1) is 27.7. The van der Waals surface area contributed by atoms with E-state index in [9.17, 15) is 0 Å². The molecule has 3 aromatic rings. The number of benzene rings is 3. The van der Waals surface area contributed by atoms with Gasteiger partial charge in [0, 0.05) is 28.4 Å². The zero-order valence-corrected chi connectivity index (χ0v) is 23.6. The minimum Gasteiger partial charge on any atom is -0.376 e. The van der Waals surface area contributed by atoms with Gasteiger partial charge in [0.15, 0.2) is 0 Å². The first-order valence-corrected chi connectivity index (χ1v) is 14.9. The van der Waals surface area contributed by atoms with Gasteiger partial charge in [-0.2, -0.15) is 0 Å². The maximum Gasteiger partial charge on any atom is 0.116 e. The highest BCUT2D eigenvalue weighted by atomic mass is 31.2. The molecular weight excluding hydrogens is 479 g/mol. The van der Waals surface area contributed by atoms with E-state index in [1.807, 2.05) is 0 Å². The summed E-state index contributed by atoms with van der Waals surface area (Å²) in [5, 5.41) is 4.23. The predicted octanol–water partition coefficient (Wildman–Crippen LogP) is 5.15. The van der Waals surface area contributed by atoms with Gasteiger partial charge in [0.05, 0.1) is 6.16 Å². The Morgan fingerprint density at radius 2 is 0.973 bits per heavy atom. The van der Waals surface area contributed by atoms with Crippen LogP contribution in [0.25, 0.3) is 0 Å². The van der Waals surface area contributed by atoms with Gasteiger partial charge >= 0.3 is 0 Å². The highest BCUT2D eigenvalue weighted by Crippen LogP contribution is 2.56. The van der Waals surface area contributed by atoms with Gasteiger partial charge in [0.25, 0.3) is 0 Å². The lowest BCUT2D eigenvalue weighted by Crippen LogP contribution is -2.53. The molecule has 0 N–H and O–H groups in total. The summed E-state index contributed by atoms with van der Waals surface area (Å²) >= 11 is 0. The van der Waals surface area contributed by atoms with Crippen LogP contribution in [-0.2, 0) is 18.9 Å². The van der Waals surface area contributed by atoms with E-state index < -0.39 is 7.26 Å². The van der Waals surface area contributed by atoms with Gasteiger partial charge in [-0.25, -0.2) is 0 Å². The molecule has 4 nitrogen and oxygen atoms in total. The molecule has 1 aliphatic rings. The molecule has 0 fully saturated rings. The van der Waals surface area contributed by atoms with E-state index in [4.69, 9.17) is 18.9 Å². The molecule has 0 saturated heterocycles. The van der Waals surface area contributed by atoms with Gasteiger partial charge in [0.2, 0.25) is 0 Å². The van der Waals surface area contributed by atoms with E-state index in [0.717, 1.165) is 19.0 Å². The molecule has 0 saturated carbocycles. The van der Waals surface area contributed by atoms with Crippen LogP contribution in [0.15, 0.2) is 102 Å². The highest BCUT2D eigenvalue weighted by molar-refractivity contribution is 7.95. The fraction of sp³-hybridized carbons (Fsp3) is 0.375. The van der Waals surface area contributed by atoms with Gasteiger partial charge in [-0.1, -0.05) is 54.6 Å². The SMILES string of the molecule is COC1C(C)=C(CCC[P+](c2ccccc2)(c2ccccc2)c2ccccc2)C(OC)C(OC)C1OC. The van der Waals surface area contributed by atoms with Crippen molar-refractivity contribution in [3.05, 3.63) is 102 Å². The lowest BCUT2D eigenvalue weighted by Gasteiger charge is -2.42. The van der Waals surface area contributed by atoms with Crippen LogP contribution in [0.2, 0.25) is 0 Å². The molecule has 0 bridgehead atoms. The first-order valence-electron chi connectivity index (χ1n) is 13.0. The molecule has 4 atom stereocenters. The second kappa shape index (κ2) is 13.0. The van der Waals surface area contributed by atoms with E-state index in [0.29, 0.717) is 0 Å². The topological polar surface area (TPSA) is 36.9 Å². The van der Waals surface area contributed by atoms with Crippen molar-refractivity contribution >= 4 is 23.2 Å². The summed E-state index contributed by atoms with van der Waals surface area (Å²) in [5.41, 5.74) is 2.46. The van der Waals surface area contributed by atoms with E-state index in [1.165, 1.54) is 27.1 Å². The molecule has 196 valence electrons. The predicted molar refractivity (Wildman–Crippen MR) is 155 cm³/mol. The van der Waals surface area contributed by atoms with Gasteiger partial charge in [-0.15, -0.1) is 0 Å². The number of hydrogen-bond donors (Lipinski definition) is 0. The Morgan fingerprint density at radius 3 is 1.35 bits per heavy atom. The molecular formula is C32H40O4P+. The van der Waals surface area contributed by atoms with Crippen molar-refractivity contribution < 1.29 is 18.9 Å². The molecule has 5 heteroatoms. The summed E-state index contributed by atoms with van der Waals surface area (Å²) in [6, 6.07) is 33.2.